The summed E-state index contributed by atoms with van der Waals surface area (Å²) >= 11 is 0. The molecule has 1 aliphatic heterocycles. The number of benzene rings is 3. The SMILES string of the molecule is CCOC(C)Oc1ccc(C=CC(C=Cc2ccc(O)cc2)=Cc2ccc(OC3CCCCO3)cc2)cc1. The zero-order chi connectivity index (χ0) is 26.6. The molecule has 0 aromatic heterocycles. The molecular formula is C33H36O5. The number of aromatic hydroxyl groups is 1. The fourth-order valence-corrected chi connectivity index (χ4v) is 4.03. The van der Waals surface area contributed by atoms with E-state index in [2.05, 4.69) is 24.3 Å². The fourth-order valence-electron chi connectivity index (χ4n) is 4.03. The molecule has 2 unspecified atom stereocenters. The molecule has 2 atom stereocenters. The third-order valence-electron chi connectivity index (χ3n) is 6.03. The van der Waals surface area contributed by atoms with Crippen LogP contribution in [-0.2, 0) is 9.47 Å². The summed E-state index contributed by atoms with van der Waals surface area (Å²) in [5, 5.41) is 9.58. The zero-order valence-electron chi connectivity index (χ0n) is 22.1. The second-order valence-electron chi connectivity index (χ2n) is 9.10. The number of phenols is 1. The first-order valence-corrected chi connectivity index (χ1v) is 13.2. The van der Waals surface area contributed by atoms with Gasteiger partial charge in [0.1, 0.15) is 17.2 Å². The summed E-state index contributed by atoms with van der Waals surface area (Å²) in [5.74, 6) is 1.83. The molecule has 1 saturated heterocycles. The van der Waals surface area contributed by atoms with Gasteiger partial charge in [0.05, 0.1) is 6.61 Å². The second kappa shape index (κ2) is 14.2. The zero-order valence-corrected chi connectivity index (χ0v) is 22.1. The maximum atomic E-state index is 9.58. The molecule has 0 aliphatic carbocycles. The van der Waals surface area contributed by atoms with Crippen LogP contribution >= 0.6 is 0 Å². The second-order valence-corrected chi connectivity index (χ2v) is 9.10. The number of ether oxygens (including phenoxy) is 4. The van der Waals surface area contributed by atoms with Gasteiger partial charge in [0.15, 0.2) is 12.6 Å². The Labute approximate surface area is 225 Å². The number of hydrogen-bond acceptors (Lipinski definition) is 5. The molecule has 38 heavy (non-hydrogen) atoms. The van der Waals surface area contributed by atoms with E-state index >= 15 is 0 Å². The Kier molecular flexibility index (Phi) is 10.2. The van der Waals surface area contributed by atoms with Gasteiger partial charge >= 0.3 is 0 Å². The third kappa shape index (κ3) is 8.94. The third-order valence-corrected chi connectivity index (χ3v) is 6.03. The minimum absolute atomic E-state index is 0.156. The Morgan fingerprint density at radius 3 is 2.08 bits per heavy atom. The van der Waals surface area contributed by atoms with E-state index in [0.29, 0.717) is 6.61 Å². The first-order valence-electron chi connectivity index (χ1n) is 13.2. The van der Waals surface area contributed by atoms with Crippen molar-refractivity contribution in [1.29, 1.82) is 0 Å². The summed E-state index contributed by atoms with van der Waals surface area (Å²) < 4.78 is 22.9. The van der Waals surface area contributed by atoms with Crippen LogP contribution in [0.2, 0.25) is 0 Å². The average molecular weight is 513 g/mol. The monoisotopic (exact) mass is 512 g/mol. The van der Waals surface area contributed by atoms with Crippen LogP contribution in [0.15, 0.2) is 90.5 Å². The van der Waals surface area contributed by atoms with Crippen molar-refractivity contribution in [1.82, 2.24) is 0 Å². The van der Waals surface area contributed by atoms with E-state index in [-0.39, 0.29) is 18.3 Å². The highest BCUT2D eigenvalue weighted by atomic mass is 16.7. The summed E-state index contributed by atoms with van der Waals surface area (Å²) in [6.07, 6.45) is 13.1. The lowest BCUT2D eigenvalue weighted by Gasteiger charge is -2.23. The van der Waals surface area contributed by atoms with E-state index < -0.39 is 0 Å². The van der Waals surface area contributed by atoms with Crippen molar-refractivity contribution in [3.8, 4) is 17.2 Å². The highest BCUT2D eigenvalue weighted by molar-refractivity contribution is 5.68. The lowest BCUT2D eigenvalue weighted by molar-refractivity contribution is -0.105. The fraction of sp³-hybridized carbons (Fsp3) is 0.273. The summed E-state index contributed by atoms with van der Waals surface area (Å²) in [6, 6.07) is 23.1. The standard InChI is InChI=1S/C33H36O5/c1-3-35-25(2)37-31-19-13-27(14-20-31)8-10-28(9-7-26-11-17-30(34)18-12-26)24-29-15-21-32(22-16-29)38-33-6-4-5-23-36-33/h7-22,24-25,33-34H,3-6,23H2,1-2H3. The Morgan fingerprint density at radius 2 is 1.47 bits per heavy atom. The first kappa shape index (κ1) is 27.2. The normalized spacial score (nSPS) is 17.1. The maximum absolute atomic E-state index is 9.58. The van der Waals surface area contributed by atoms with Crippen molar-refractivity contribution in [2.75, 3.05) is 13.2 Å². The molecule has 3 aromatic rings. The van der Waals surface area contributed by atoms with Crippen LogP contribution in [0.5, 0.6) is 17.2 Å². The van der Waals surface area contributed by atoms with Crippen molar-refractivity contribution in [2.24, 2.45) is 0 Å². The molecule has 5 heteroatoms. The van der Waals surface area contributed by atoms with Crippen molar-refractivity contribution >= 4 is 18.2 Å². The maximum Gasteiger partial charge on any atom is 0.199 e. The van der Waals surface area contributed by atoms with Gasteiger partial charge in [0.25, 0.3) is 0 Å². The molecule has 198 valence electrons. The lowest BCUT2D eigenvalue weighted by atomic mass is 10.1. The molecule has 1 aliphatic rings. The molecule has 0 bridgehead atoms. The number of allylic oxidation sites excluding steroid dienone is 3. The van der Waals surface area contributed by atoms with Gasteiger partial charge < -0.3 is 24.1 Å². The van der Waals surface area contributed by atoms with Crippen LogP contribution in [0.3, 0.4) is 0 Å². The van der Waals surface area contributed by atoms with Crippen LogP contribution in [0.1, 0.15) is 49.8 Å². The van der Waals surface area contributed by atoms with Crippen LogP contribution < -0.4 is 9.47 Å². The van der Waals surface area contributed by atoms with Crippen molar-refractivity contribution in [2.45, 2.75) is 45.7 Å². The van der Waals surface area contributed by atoms with Gasteiger partial charge in [0.2, 0.25) is 0 Å². The van der Waals surface area contributed by atoms with Crippen LogP contribution in [0.25, 0.3) is 18.2 Å². The molecule has 1 heterocycles. The Morgan fingerprint density at radius 1 is 0.868 bits per heavy atom. The molecule has 0 radical (unpaired) electrons. The molecule has 0 spiro atoms. The molecule has 3 aromatic carbocycles. The predicted molar refractivity (Wildman–Crippen MR) is 153 cm³/mol. The van der Waals surface area contributed by atoms with E-state index in [9.17, 15) is 5.11 Å². The molecule has 1 N–H and O–H groups in total. The molecule has 4 rings (SSSR count). The molecule has 5 nitrogen and oxygen atoms in total. The minimum Gasteiger partial charge on any atom is -0.508 e. The van der Waals surface area contributed by atoms with E-state index in [1.54, 1.807) is 12.1 Å². The average Bonchev–Trinajstić information content (AvgIpc) is 2.93. The quantitative estimate of drug-likeness (QED) is 0.209. The lowest BCUT2D eigenvalue weighted by Crippen LogP contribution is -2.24. The van der Waals surface area contributed by atoms with E-state index in [1.165, 1.54) is 0 Å². The number of hydrogen-bond donors (Lipinski definition) is 1. The van der Waals surface area contributed by atoms with Gasteiger partial charge in [-0.05, 0) is 91.4 Å². The summed E-state index contributed by atoms with van der Waals surface area (Å²) in [5.41, 5.74) is 4.14. The smallest absolute Gasteiger partial charge is 0.199 e. The van der Waals surface area contributed by atoms with Crippen LogP contribution in [-0.4, -0.2) is 30.9 Å². The van der Waals surface area contributed by atoms with Gasteiger partial charge in [-0.1, -0.05) is 60.7 Å². The van der Waals surface area contributed by atoms with Gasteiger partial charge in [-0.25, -0.2) is 0 Å². The molecule has 1 fully saturated rings. The van der Waals surface area contributed by atoms with Gasteiger partial charge in [-0.2, -0.15) is 0 Å². The van der Waals surface area contributed by atoms with Crippen LogP contribution in [0, 0.1) is 0 Å². The topological polar surface area (TPSA) is 57.2 Å². The molecular weight excluding hydrogens is 476 g/mol. The molecule has 0 amide bonds. The summed E-state index contributed by atoms with van der Waals surface area (Å²) in [6.45, 7) is 5.21. The van der Waals surface area contributed by atoms with Gasteiger partial charge in [0, 0.05) is 13.0 Å². The number of phenolic OH excluding ortho intramolecular Hbond substituents is 1. The Bertz CT molecular complexity index is 1200. The highest BCUT2D eigenvalue weighted by Crippen LogP contribution is 2.22. The van der Waals surface area contributed by atoms with E-state index in [1.807, 2.05) is 80.6 Å². The van der Waals surface area contributed by atoms with Crippen molar-refractivity contribution in [3.63, 3.8) is 0 Å². The van der Waals surface area contributed by atoms with E-state index in [4.69, 9.17) is 18.9 Å². The number of rotatable bonds is 11. The van der Waals surface area contributed by atoms with Crippen molar-refractivity contribution in [3.05, 3.63) is 107 Å². The summed E-state index contributed by atoms with van der Waals surface area (Å²) in [4.78, 5) is 0. The predicted octanol–water partition coefficient (Wildman–Crippen LogP) is 7.87. The molecule has 0 saturated carbocycles. The van der Waals surface area contributed by atoms with Gasteiger partial charge in [-0.3, -0.25) is 0 Å². The minimum atomic E-state index is -0.284. The largest absolute Gasteiger partial charge is 0.508 e. The highest BCUT2D eigenvalue weighted by Gasteiger charge is 2.14. The van der Waals surface area contributed by atoms with Crippen molar-refractivity contribution < 1.29 is 24.1 Å². The summed E-state index contributed by atoms with van der Waals surface area (Å²) in [7, 11) is 0. The Hall–Kier alpha value is -3.80. The van der Waals surface area contributed by atoms with Crippen LogP contribution in [0.4, 0.5) is 0 Å². The van der Waals surface area contributed by atoms with E-state index in [0.717, 1.165) is 59.6 Å². The Balaban J connectivity index is 1.49. The first-order chi connectivity index (χ1) is 18.6. The van der Waals surface area contributed by atoms with Gasteiger partial charge in [-0.15, -0.1) is 0 Å².